The molecule has 8 heteroatoms. The number of piperazine rings is 1. The van der Waals surface area contributed by atoms with E-state index in [1.807, 2.05) is 45.3 Å². The second-order valence-corrected chi connectivity index (χ2v) is 7.22. The molecule has 8 nitrogen and oxygen atoms in total. The van der Waals surface area contributed by atoms with Crippen LogP contribution in [0, 0.1) is 6.92 Å². The van der Waals surface area contributed by atoms with Crippen LogP contribution in [-0.2, 0) is 22.7 Å². The number of anilines is 1. The van der Waals surface area contributed by atoms with E-state index in [4.69, 9.17) is 0 Å². The third-order valence-electron chi connectivity index (χ3n) is 4.82. The maximum Gasteiger partial charge on any atom is 0.269 e. The Bertz CT molecular complexity index is 920. The molecule has 0 bridgehead atoms. The van der Waals surface area contributed by atoms with Gasteiger partial charge >= 0.3 is 0 Å². The minimum Gasteiger partial charge on any atom is -0.376 e. The van der Waals surface area contributed by atoms with Gasteiger partial charge in [0.1, 0.15) is 6.54 Å². The third kappa shape index (κ3) is 4.57. The van der Waals surface area contributed by atoms with E-state index in [0.29, 0.717) is 25.3 Å². The summed E-state index contributed by atoms with van der Waals surface area (Å²) < 4.78 is 1.12. The molecule has 0 unspecified atom stereocenters. The number of hydrogen-bond donors (Lipinski definition) is 0. The van der Waals surface area contributed by atoms with Gasteiger partial charge in [-0.25, -0.2) is 4.68 Å². The van der Waals surface area contributed by atoms with Gasteiger partial charge in [-0.3, -0.25) is 14.4 Å². The Balaban J connectivity index is 1.59. The number of hydrogen-bond acceptors (Lipinski definition) is 5. The fourth-order valence-corrected chi connectivity index (χ4v) is 3.02. The van der Waals surface area contributed by atoms with Crippen LogP contribution in [0.1, 0.15) is 11.1 Å². The number of carbonyl (C=O) groups excluding carboxylic acids is 2. The first-order valence-corrected chi connectivity index (χ1v) is 9.19. The van der Waals surface area contributed by atoms with Gasteiger partial charge in [0.25, 0.3) is 5.56 Å². The topological polar surface area (TPSA) is 78.8 Å². The van der Waals surface area contributed by atoms with Crippen molar-refractivity contribution >= 4 is 17.5 Å². The summed E-state index contributed by atoms with van der Waals surface area (Å²) in [5.74, 6) is -0.376. The largest absolute Gasteiger partial charge is 0.376 e. The second kappa shape index (κ2) is 8.24. The summed E-state index contributed by atoms with van der Waals surface area (Å²) in [6.45, 7) is 3.33. The van der Waals surface area contributed by atoms with Gasteiger partial charge in [-0.1, -0.05) is 29.8 Å². The van der Waals surface area contributed by atoms with Crippen LogP contribution in [-0.4, -0.2) is 65.1 Å². The third-order valence-corrected chi connectivity index (χ3v) is 4.82. The van der Waals surface area contributed by atoms with Gasteiger partial charge in [0.05, 0.1) is 18.4 Å². The lowest BCUT2D eigenvalue weighted by atomic mass is 10.1. The molecule has 0 atom stereocenters. The van der Waals surface area contributed by atoms with Gasteiger partial charge in [-0.2, -0.15) is 5.10 Å². The van der Waals surface area contributed by atoms with Crippen molar-refractivity contribution in [1.82, 2.24) is 19.6 Å². The number of carbonyl (C=O) groups is 2. The smallest absolute Gasteiger partial charge is 0.269 e. The summed E-state index contributed by atoms with van der Waals surface area (Å²) in [5, 5.41) is 4.05. The van der Waals surface area contributed by atoms with Gasteiger partial charge in [-0.15, -0.1) is 0 Å². The van der Waals surface area contributed by atoms with E-state index in [1.165, 1.54) is 16.5 Å². The van der Waals surface area contributed by atoms with E-state index < -0.39 is 0 Å². The summed E-state index contributed by atoms with van der Waals surface area (Å²) in [6, 6.07) is 9.49. The van der Waals surface area contributed by atoms with Gasteiger partial charge in [-0.05, 0) is 12.5 Å². The van der Waals surface area contributed by atoms with Gasteiger partial charge in [0.15, 0.2) is 0 Å². The fraction of sp³-hybridized carbons (Fsp3) is 0.400. The lowest BCUT2D eigenvalue weighted by molar-refractivity contribution is -0.146. The summed E-state index contributed by atoms with van der Waals surface area (Å²) >= 11 is 0. The van der Waals surface area contributed by atoms with Crippen LogP contribution >= 0.6 is 0 Å². The highest BCUT2D eigenvalue weighted by atomic mass is 16.2. The molecule has 3 rings (SSSR count). The van der Waals surface area contributed by atoms with Crippen molar-refractivity contribution in [3.63, 3.8) is 0 Å². The zero-order valence-corrected chi connectivity index (χ0v) is 16.5. The van der Waals surface area contributed by atoms with E-state index in [9.17, 15) is 14.4 Å². The first kappa shape index (κ1) is 19.6. The lowest BCUT2D eigenvalue weighted by Crippen LogP contribution is -2.52. The van der Waals surface area contributed by atoms with Crippen molar-refractivity contribution in [2.24, 2.45) is 0 Å². The number of amides is 2. The molecule has 1 aromatic carbocycles. The molecule has 0 spiro atoms. The van der Waals surface area contributed by atoms with Gasteiger partial charge in [0, 0.05) is 39.8 Å². The molecule has 2 heterocycles. The number of aromatic nitrogens is 2. The SMILES string of the molecule is Cc1ccc(CN2CCN(C(=O)Cn3ncc(N(C)C)cc3=O)CC2=O)cc1. The molecule has 1 aromatic heterocycles. The molecule has 0 aliphatic carbocycles. The number of nitrogens with zero attached hydrogens (tertiary/aromatic N) is 5. The van der Waals surface area contributed by atoms with Crippen molar-refractivity contribution in [2.75, 3.05) is 38.6 Å². The van der Waals surface area contributed by atoms with Crippen molar-refractivity contribution in [2.45, 2.75) is 20.0 Å². The Labute approximate surface area is 164 Å². The Morgan fingerprint density at radius 1 is 1.14 bits per heavy atom. The van der Waals surface area contributed by atoms with Crippen molar-refractivity contribution in [3.8, 4) is 0 Å². The Morgan fingerprint density at radius 2 is 1.86 bits per heavy atom. The molecule has 2 amide bonds. The standard InChI is InChI=1S/C20H25N5O3/c1-15-4-6-16(7-5-15)12-23-8-9-24(13-19(23)27)20(28)14-25-18(26)10-17(11-21-25)22(2)3/h4-7,10-11H,8-9,12-14H2,1-3H3. The van der Waals surface area contributed by atoms with E-state index in [0.717, 1.165) is 10.2 Å². The minimum absolute atomic E-state index is 0.0230. The van der Waals surface area contributed by atoms with Crippen LogP contribution < -0.4 is 10.5 Å². The molecule has 1 saturated heterocycles. The zero-order chi connectivity index (χ0) is 20.3. The highest BCUT2D eigenvalue weighted by Gasteiger charge is 2.27. The van der Waals surface area contributed by atoms with E-state index in [2.05, 4.69) is 5.10 Å². The highest BCUT2D eigenvalue weighted by molar-refractivity contribution is 5.85. The van der Waals surface area contributed by atoms with Crippen molar-refractivity contribution in [1.29, 1.82) is 0 Å². The maximum absolute atomic E-state index is 12.5. The molecular weight excluding hydrogens is 358 g/mol. The summed E-state index contributed by atoms with van der Waals surface area (Å²) in [6.07, 6.45) is 1.54. The first-order valence-electron chi connectivity index (χ1n) is 9.19. The number of benzene rings is 1. The second-order valence-electron chi connectivity index (χ2n) is 7.22. The molecule has 0 N–H and O–H groups in total. The molecule has 1 aliphatic heterocycles. The highest BCUT2D eigenvalue weighted by Crippen LogP contribution is 2.11. The average Bonchev–Trinajstić information content (AvgIpc) is 2.66. The lowest BCUT2D eigenvalue weighted by Gasteiger charge is -2.34. The quantitative estimate of drug-likeness (QED) is 0.751. The normalized spacial score (nSPS) is 14.3. The van der Waals surface area contributed by atoms with Gasteiger partial charge < -0.3 is 14.7 Å². The molecule has 2 aromatic rings. The molecule has 0 saturated carbocycles. The van der Waals surface area contributed by atoms with Crippen LogP contribution in [0.5, 0.6) is 0 Å². The molecular formula is C20H25N5O3. The van der Waals surface area contributed by atoms with Crippen LogP contribution in [0.3, 0.4) is 0 Å². The van der Waals surface area contributed by atoms with Crippen LogP contribution in [0.25, 0.3) is 0 Å². The predicted octanol–water partition coefficient (Wildman–Crippen LogP) is 0.489. The van der Waals surface area contributed by atoms with Crippen LogP contribution in [0.15, 0.2) is 41.3 Å². The number of rotatable bonds is 5. The Hall–Kier alpha value is -3.16. The summed E-state index contributed by atoms with van der Waals surface area (Å²) in [4.78, 5) is 42.1. The Kier molecular flexibility index (Phi) is 5.77. The molecule has 148 valence electrons. The molecule has 0 radical (unpaired) electrons. The summed E-state index contributed by atoms with van der Waals surface area (Å²) in [7, 11) is 3.63. The molecule has 1 fully saturated rings. The van der Waals surface area contributed by atoms with E-state index in [1.54, 1.807) is 16.0 Å². The zero-order valence-electron chi connectivity index (χ0n) is 16.5. The predicted molar refractivity (Wildman–Crippen MR) is 106 cm³/mol. The van der Waals surface area contributed by atoms with Crippen molar-refractivity contribution in [3.05, 3.63) is 58.0 Å². The monoisotopic (exact) mass is 383 g/mol. The van der Waals surface area contributed by atoms with Crippen LogP contribution in [0.2, 0.25) is 0 Å². The van der Waals surface area contributed by atoms with Crippen LogP contribution in [0.4, 0.5) is 5.69 Å². The van der Waals surface area contributed by atoms with Gasteiger partial charge in [0.2, 0.25) is 11.8 Å². The minimum atomic E-state index is -0.344. The number of aryl methyl sites for hydroxylation is 1. The molecule has 1 aliphatic rings. The fourth-order valence-electron chi connectivity index (χ4n) is 3.02. The molecule has 28 heavy (non-hydrogen) atoms. The summed E-state index contributed by atoms with van der Waals surface area (Å²) in [5.41, 5.74) is 2.57. The average molecular weight is 383 g/mol. The van der Waals surface area contributed by atoms with Crippen molar-refractivity contribution < 1.29 is 9.59 Å². The Morgan fingerprint density at radius 3 is 2.46 bits per heavy atom. The van der Waals surface area contributed by atoms with E-state index >= 15 is 0 Å². The first-order chi connectivity index (χ1) is 13.3. The van der Waals surface area contributed by atoms with E-state index in [-0.39, 0.29) is 30.5 Å². The maximum atomic E-state index is 12.5.